The number of amides is 1. The van der Waals surface area contributed by atoms with Gasteiger partial charge in [0, 0.05) is 29.8 Å². The number of ether oxygens (including phenoxy) is 1. The topological polar surface area (TPSA) is 73.4 Å². The quantitative estimate of drug-likeness (QED) is 0.299. The van der Waals surface area contributed by atoms with Crippen molar-refractivity contribution in [2.45, 2.75) is 70.9 Å². The Labute approximate surface area is 215 Å². The third-order valence-corrected chi connectivity index (χ3v) is 7.90. The second kappa shape index (κ2) is 9.32. The zero-order valence-electron chi connectivity index (χ0n) is 21.5. The van der Waals surface area contributed by atoms with Crippen molar-refractivity contribution in [2.75, 3.05) is 12.0 Å². The minimum Gasteiger partial charge on any atom is -0.494 e. The highest BCUT2D eigenvalue weighted by Gasteiger charge is 2.38. The normalized spacial score (nSPS) is 18.8. The summed E-state index contributed by atoms with van der Waals surface area (Å²) in [6.45, 7) is 3.86. The van der Waals surface area contributed by atoms with E-state index in [1.54, 1.807) is 17.0 Å². The highest BCUT2D eigenvalue weighted by molar-refractivity contribution is 5.96. The zero-order chi connectivity index (χ0) is 25.7. The van der Waals surface area contributed by atoms with E-state index in [9.17, 15) is 9.18 Å². The number of carbonyl (C=O) groups is 1. The van der Waals surface area contributed by atoms with Gasteiger partial charge in [-0.05, 0) is 62.9 Å². The van der Waals surface area contributed by atoms with Gasteiger partial charge in [-0.15, -0.1) is 0 Å². The predicted octanol–water partition coefficient (Wildman–Crippen LogP) is 6.83. The summed E-state index contributed by atoms with van der Waals surface area (Å²) in [4.78, 5) is 20.0. The molecule has 192 valence electrons. The van der Waals surface area contributed by atoms with Gasteiger partial charge in [0.2, 0.25) is 5.91 Å². The van der Waals surface area contributed by atoms with Crippen LogP contribution in [-0.2, 0) is 4.79 Å². The van der Waals surface area contributed by atoms with Crippen LogP contribution >= 0.6 is 0 Å². The van der Waals surface area contributed by atoms with Crippen molar-refractivity contribution < 1.29 is 18.4 Å². The van der Waals surface area contributed by atoms with Crippen LogP contribution < -0.4 is 9.64 Å². The number of carbonyl (C=O) groups excluding carboxylic acids is 1. The highest BCUT2D eigenvalue weighted by Crippen LogP contribution is 2.42. The molecule has 2 fully saturated rings. The van der Waals surface area contributed by atoms with Crippen molar-refractivity contribution >= 4 is 22.6 Å². The number of halogens is 1. The Balaban J connectivity index is 1.49. The lowest BCUT2D eigenvalue weighted by Gasteiger charge is -2.30. The maximum Gasteiger partial charge on any atom is 0.227 e. The van der Waals surface area contributed by atoms with Crippen molar-refractivity contribution in [2.24, 2.45) is 0 Å². The van der Waals surface area contributed by atoms with Crippen molar-refractivity contribution in [3.63, 3.8) is 0 Å². The summed E-state index contributed by atoms with van der Waals surface area (Å²) in [6, 6.07) is 11.1. The lowest BCUT2D eigenvalue weighted by molar-refractivity contribution is -0.117. The summed E-state index contributed by atoms with van der Waals surface area (Å²) in [7, 11) is 1.44. The molecular weight excluding hydrogens is 471 g/mol. The van der Waals surface area contributed by atoms with Gasteiger partial charge in [0.1, 0.15) is 11.6 Å². The number of fused-ring (bicyclic) bond motifs is 1. The number of anilines is 1. The number of imidazole rings is 1. The molecule has 4 aromatic rings. The molecule has 7 nitrogen and oxygen atoms in total. The molecule has 1 saturated heterocycles. The number of methoxy groups -OCH3 is 1. The van der Waals surface area contributed by atoms with Gasteiger partial charge in [0.05, 0.1) is 29.9 Å². The van der Waals surface area contributed by atoms with Gasteiger partial charge < -0.3 is 18.7 Å². The fourth-order valence-electron chi connectivity index (χ4n) is 6.18. The summed E-state index contributed by atoms with van der Waals surface area (Å²) in [5.41, 5.74) is 5.33. The molecule has 1 aliphatic heterocycles. The molecule has 8 heteroatoms. The summed E-state index contributed by atoms with van der Waals surface area (Å²) in [5, 5.41) is 4.12. The summed E-state index contributed by atoms with van der Waals surface area (Å²) >= 11 is 0. The number of benzene rings is 2. The predicted molar refractivity (Wildman–Crippen MR) is 139 cm³/mol. The second-order valence-corrected chi connectivity index (χ2v) is 10.2. The molecule has 6 rings (SSSR count). The first-order valence-corrected chi connectivity index (χ1v) is 13.1. The van der Waals surface area contributed by atoms with E-state index in [4.69, 9.17) is 14.2 Å². The van der Waals surface area contributed by atoms with E-state index in [1.807, 2.05) is 13.8 Å². The SMILES string of the molecule is COc1ccc(N2C(=O)CC[C@H]2c2nc3cc(-c4c(C)noc4C)ccc3n2C2CCCCC2)cc1F. The Morgan fingerprint density at radius 2 is 1.86 bits per heavy atom. The molecule has 1 atom stereocenters. The molecule has 2 aliphatic rings. The average Bonchev–Trinajstić information content (AvgIpc) is 3.58. The minimum atomic E-state index is -0.483. The van der Waals surface area contributed by atoms with E-state index in [2.05, 4.69) is 27.9 Å². The molecule has 37 heavy (non-hydrogen) atoms. The third kappa shape index (κ3) is 3.99. The van der Waals surface area contributed by atoms with Gasteiger partial charge in [0.25, 0.3) is 0 Å². The van der Waals surface area contributed by atoms with Crippen LogP contribution in [-0.4, -0.2) is 27.7 Å². The number of hydrogen-bond acceptors (Lipinski definition) is 5. The van der Waals surface area contributed by atoms with E-state index in [0.717, 1.165) is 52.3 Å². The van der Waals surface area contributed by atoms with E-state index < -0.39 is 5.82 Å². The van der Waals surface area contributed by atoms with E-state index in [1.165, 1.54) is 32.4 Å². The monoisotopic (exact) mass is 502 g/mol. The second-order valence-electron chi connectivity index (χ2n) is 10.2. The van der Waals surface area contributed by atoms with E-state index in [-0.39, 0.29) is 17.7 Å². The van der Waals surface area contributed by atoms with Crippen LogP contribution in [0.15, 0.2) is 40.9 Å². The number of nitrogens with zero attached hydrogens (tertiary/aromatic N) is 4. The van der Waals surface area contributed by atoms with Gasteiger partial charge in [-0.1, -0.05) is 30.5 Å². The Bertz CT molecular complexity index is 1460. The summed E-state index contributed by atoms with van der Waals surface area (Å²) in [6.07, 6.45) is 6.81. The molecule has 0 N–H and O–H groups in total. The number of hydrogen-bond donors (Lipinski definition) is 0. The molecule has 1 amide bonds. The van der Waals surface area contributed by atoms with Crippen LogP contribution in [0, 0.1) is 19.7 Å². The minimum absolute atomic E-state index is 0.0202. The highest BCUT2D eigenvalue weighted by atomic mass is 19.1. The first-order chi connectivity index (χ1) is 18.0. The number of aromatic nitrogens is 3. The van der Waals surface area contributed by atoms with Gasteiger partial charge in [0.15, 0.2) is 11.6 Å². The molecule has 0 bridgehead atoms. The average molecular weight is 503 g/mol. The fourth-order valence-corrected chi connectivity index (χ4v) is 6.18. The van der Waals surface area contributed by atoms with E-state index >= 15 is 0 Å². The van der Waals surface area contributed by atoms with E-state index in [0.29, 0.717) is 24.6 Å². The maximum atomic E-state index is 14.6. The molecule has 1 saturated carbocycles. The lowest BCUT2D eigenvalue weighted by Crippen LogP contribution is -2.30. The van der Waals surface area contributed by atoms with Crippen LogP contribution in [0.5, 0.6) is 5.75 Å². The summed E-state index contributed by atoms with van der Waals surface area (Å²) in [5.74, 6) is 1.31. The van der Waals surface area contributed by atoms with Crippen molar-refractivity contribution in [3.8, 4) is 16.9 Å². The molecule has 3 heterocycles. The Morgan fingerprint density at radius 1 is 1.05 bits per heavy atom. The zero-order valence-corrected chi connectivity index (χ0v) is 21.5. The largest absolute Gasteiger partial charge is 0.494 e. The molecule has 0 radical (unpaired) electrons. The molecule has 2 aromatic heterocycles. The molecule has 2 aromatic carbocycles. The van der Waals surface area contributed by atoms with Crippen LogP contribution in [0.1, 0.15) is 74.3 Å². The first-order valence-electron chi connectivity index (χ1n) is 13.1. The standard InChI is InChI=1S/C29H31FN4O3/c1-17-28(18(2)37-32-17)19-9-11-24-23(15-19)31-29(34(24)20-7-5-4-6-8-20)25-12-14-27(35)33(25)21-10-13-26(36-3)22(30)16-21/h9-11,13,15-16,20,25H,4-8,12,14H2,1-3H3/t25-/m0/s1. The molecule has 0 unspecified atom stereocenters. The maximum absolute atomic E-state index is 14.6. The summed E-state index contributed by atoms with van der Waals surface area (Å²) < 4.78 is 27.5. The van der Waals surface area contributed by atoms with Gasteiger partial charge in [-0.2, -0.15) is 0 Å². The van der Waals surface area contributed by atoms with Crippen LogP contribution in [0.2, 0.25) is 0 Å². The molecule has 0 spiro atoms. The van der Waals surface area contributed by atoms with Crippen molar-refractivity contribution in [3.05, 3.63) is 59.5 Å². The lowest BCUT2D eigenvalue weighted by atomic mass is 9.94. The molecule has 1 aliphatic carbocycles. The molecular formula is C29H31FN4O3. The number of aryl methyl sites for hydroxylation is 2. The van der Waals surface area contributed by atoms with Crippen LogP contribution in [0.4, 0.5) is 10.1 Å². The van der Waals surface area contributed by atoms with Gasteiger partial charge >= 0.3 is 0 Å². The smallest absolute Gasteiger partial charge is 0.227 e. The van der Waals surface area contributed by atoms with Crippen LogP contribution in [0.25, 0.3) is 22.2 Å². The Morgan fingerprint density at radius 3 is 2.57 bits per heavy atom. The van der Waals surface area contributed by atoms with Crippen molar-refractivity contribution in [1.82, 2.24) is 14.7 Å². The van der Waals surface area contributed by atoms with Crippen LogP contribution in [0.3, 0.4) is 0 Å². The fraction of sp³-hybridized carbons (Fsp3) is 0.414. The van der Waals surface area contributed by atoms with Gasteiger partial charge in [-0.25, -0.2) is 9.37 Å². The Hall–Kier alpha value is -3.68. The first kappa shape index (κ1) is 23.7. The third-order valence-electron chi connectivity index (χ3n) is 7.90. The van der Waals surface area contributed by atoms with Crippen molar-refractivity contribution in [1.29, 1.82) is 0 Å². The van der Waals surface area contributed by atoms with Gasteiger partial charge in [-0.3, -0.25) is 4.79 Å². The number of rotatable bonds is 5. The Kier molecular flexibility index (Phi) is 5.97.